The molecule has 2 aliphatic rings. The molecule has 0 aliphatic carbocycles. The maximum Gasteiger partial charge on any atom is 0.314 e. The lowest BCUT2D eigenvalue weighted by atomic mass is 10.0. The number of alkyl halides is 2. The van der Waals surface area contributed by atoms with Gasteiger partial charge in [-0.1, -0.05) is 0 Å². The molecular formula is C29H28F3N7O4. The predicted molar refractivity (Wildman–Crippen MR) is 149 cm³/mol. The van der Waals surface area contributed by atoms with Crippen molar-refractivity contribution in [3.05, 3.63) is 66.2 Å². The van der Waals surface area contributed by atoms with Crippen LogP contribution in [0.2, 0.25) is 0 Å². The maximum atomic E-state index is 15.6. The van der Waals surface area contributed by atoms with Crippen molar-refractivity contribution in [2.75, 3.05) is 56.3 Å². The van der Waals surface area contributed by atoms with E-state index in [1.54, 1.807) is 30.5 Å². The minimum absolute atomic E-state index is 0.0105. The van der Waals surface area contributed by atoms with Crippen LogP contribution < -0.4 is 14.5 Å². The molecule has 224 valence electrons. The second-order valence-corrected chi connectivity index (χ2v) is 10.1. The number of carbonyl (C=O) groups excluding carboxylic acids is 1. The highest BCUT2D eigenvalue weighted by atomic mass is 19.3. The summed E-state index contributed by atoms with van der Waals surface area (Å²) in [7, 11) is 1.44. The number of pyridine rings is 2. The van der Waals surface area contributed by atoms with Crippen molar-refractivity contribution in [2.24, 2.45) is 0 Å². The number of nitrogens with zero attached hydrogens (tertiary/aromatic N) is 7. The van der Waals surface area contributed by atoms with Gasteiger partial charge >= 0.3 is 6.43 Å². The van der Waals surface area contributed by atoms with Crippen LogP contribution in [0.5, 0.6) is 5.75 Å². The minimum Gasteiger partial charge on any atom is -0.495 e. The molecule has 0 N–H and O–H groups in total. The summed E-state index contributed by atoms with van der Waals surface area (Å²) in [5.41, 5.74) is 1.94. The fourth-order valence-electron chi connectivity index (χ4n) is 5.10. The van der Waals surface area contributed by atoms with Gasteiger partial charge in [0.2, 0.25) is 12.3 Å². The minimum atomic E-state index is -2.88. The molecule has 0 unspecified atom stereocenters. The largest absolute Gasteiger partial charge is 0.495 e. The second-order valence-electron chi connectivity index (χ2n) is 10.1. The van der Waals surface area contributed by atoms with E-state index in [1.165, 1.54) is 24.3 Å². The quantitative estimate of drug-likeness (QED) is 0.250. The SMILES string of the molecule is COc1cc(-c2ccnc(N3CCN(C4COC4)CC3)c2)c(F)cc1N(C=O)Cc1ccc(-c2nnc(C(F)F)o2)cn1. The highest BCUT2D eigenvalue weighted by Gasteiger charge is 2.29. The van der Waals surface area contributed by atoms with Gasteiger partial charge in [0.25, 0.3) is 5.89 Å². The third-order valence-corrected chi connectivity index (χ3v) is 7.57. The Hall–Kier alpha value is -4.56. The molecule has 11 nitrogen and oxygen atoms in total. The summed E-state index contributed by atoms with van der Waals surface area (Å²) in [4.78, 5) is 26.8. The van der Waals surface area contributed by atoms with E-state index < -0.39 is 18.1 Å². The Balaban J connectivity index is 1.19. The van der Waals surface area contributed by atoms with E-state index in [2.05, 4.69) is 30.0 Å². The third-order valence-electron chi connectivity index (χ3n) is 7.57. The summed E-state index contributed by atoms with van der Waals surface area (Å²) in [5, 5.41) is 6.90. The average molecular weight is 596 g/mol. The predicted octanol–water partition coefficient (Wildman–Crippen LogP) is 3.96. The smallest absolute Gasteiger partial charge is 0.314 e. The molecule has 0 atom stereocenters. The van der Waals surface area contributed by atoms with E-state index in [-0.39, 0.29) is 18.1 Å². The summed E-state index contributed by atoms with van der Waals surface area (Å²) >= 11 is 0. The molecule has 0 bridgehead atoms. The van der Waals surface area contributed by atoms with Crippen molar-refractivity contribution in [1.29, 1.82) is 0 Å². The van der Waals surface area contributed by atoms with Gasteiger partial charge in [-0.25, -0.2) is 9.37 Å². The van der Waals surface area contributed by atoms with Crippen molar-refractivity contribution in [3.8, 4) is 28.3 Å². The molecule has 4 aromatic rings. The number of piperazine rings is 1. The summed E-state index contributed by atoms with van der Waals surface area (Å²) in [6, 6.07) is 10.0. The number of methoxy groups -OCH3 is 1. The molecule has 3 aromatic heterocycles. The highest BCUT2D eigenvalue weighted by Crippen LogP contribution is 2.37. The number of hydrogen-bond acceptors (Lipinski definition) is 10. The van der Waals surface area contributed by atoms with Crippen LogP contribution >= 0.6 is 0 Å². The van der Waals surface area contributed by atoms with Gasteiger partial charge in [0, 0.05) is 50.2 Å². The molecule has 5 heterocycles. The van der Waals surface area contributed by atoms with Crippen LogP contribution in [-0.2, 0) is 16.1 Å². The van der Waals surface area contributed by atoms with E-state index >= 15 is 4.39 Å². The summed E-state index contributed by atoms with van der Waals surface area (Å²) in [6.45, 7) is 4.99. The molecule has 6 rings (SSSR count). The standard InChI is InChI=1S/C29H28F3N7O4/c1-41-25-11-22(18-4-5-33-26(10-18)38-8-6-37(7-9-38)21-15-42-16-21)23(30)12-24(25)39(17-40)14-20-3-2-19(13-34-20)28-35-36-29(43-28)27(31)32/h2-5,10-13,17,21,27H,6-9,14-16H2,1H3. The Kier molecular flexibility index (Phi) is 8.20. The Morgan fingerprint density at radius 1 is 1.07 bits per heavy atom. The number of halogens is 3. The van der Waals surface area contributed by atoms with Crippen molar-refractivity contribution in [2.45, 2.75) is 19.0 Å². The molecule has 2 aliphatic heterocycles. The highest BCUT2D eigenvalue weighted by molar-refractivity contribution is 5.82. The third kappa shape index (κ3) is 6.01. The first-order valence-corrected chi connectivity index (χ1v) is 13.6. The Morgan fingerprint density at radius 2 is 1.88 bits per heavy atom. The van der Waals surface area contributed by atoms with Crippen molar-refractivity contribution in [1.82, 2.24) is 25.1 Å². The molecule has 2 saturated heterocycles. The van der Waals surface area contributed by atoms with Gasteiger partial charge in [0.05, 0.1) is 49.9 Å². The molecule has 14 heteroatoms. The first-order valence-electron chi connectivity index (χ1n) is 13.6. The zero-order chi connectivity index (χ0) is 29.9. The zero-order valence-corrected chi connectivity index (χ0v) is 23.2. The van der Waals surface area contributed by atoms with Crippen LogP contribution in [0.25, 0.3) is 22.6 Å². The van der Waals surface area contributed by atoms with Gasteiger partial charge in [-0.05, 0) is 35.9 Å². The van der Waals surface area contributed by atoms with Gasteiger partial charge in [-0.3, -0.25) is 14.7 Å². The van der Waals surface area contributed by atoms with Crippen LogP contribution in [0, 0.1) is 5.82 Å². The van der Waals surface area contributed by atoms with Gasteiger partial charge in [-0.2, -0.15) is 8.78 Å². The van der Waals surface area contributed by atoms with E-state index in [1.807, 2.05) is 6.07 Å². The Labute approximate surface area is 244 Å². The first-order chi connectivity index (χ1) is 20.9. The topological polar surface area (TPSA) is 110 Å². The molecule has 43 heavy (non-hydrogen) atoms. The van der Waals surface area contributed by atoms with E-state index in [4.69, 9.17) is 13.9 Å². The molecular weight excluding hydrogens is 567 g/mol. The molecule has 0 spiro atoms. The van der Waals surface area contributed by atoms with Crippen LogP contribution in [-0.4, -0.2) is 84.0 Å². The Bertz CT molecular complexity index is 1570. The molecule has 0 radical (unpaired) electrons. The molecule has 1 aromatic carbocycles. The zero-order valence-electron chi connectivity index (χ0n) is 23.2. The van der Waals surface area contributed by atoms with Crippen LogP contribution in [0.15, 0.2) is 53.2 Å². The van der Waals surface area contributed by atoms with E-state index in [0.717, 1.165) is 45.2 Å². The first kappa shape index (κ1) is 28.6. The fraction of sp³-hybridized carbons (Fsp3) is 0.345. The monoisotopic (exact) mass is 595 g/mol. The summed E-state index contributed by atoms with van der Waals surface area (Å²) in [5.74, 6) is -0.375. The van der Waals surface area contributed by atoms with Crippen LogP contribution in [0.1, 0.15) is 18.0 Å². The normalized spacial score (nSPS) is 15.9. The lowest BCUT2D eigenvalue weighted by Crippen LogP contribution is -2.56. The number of rotatable bonds is 10. The Morgan fingerprint density at radius 3 is 2.51 bits per heavy atom. The summed E-state index contributed by atoms with van der Waals surface area (Å²) in [6.07, 6.45) is 0.696. The van der Waals surface area contributed by atoms with Crippen molar-refractivity contribution >= 4 is 17.9 Å². The number of carbonyl (C=O) groups is 1. The second kappa shape index (κ2) is 12.4. The van der Waals surface area contributed by atoms with Gasteiger partial charge in [0.1, 0.15) is 17.4 Å². The van der Waals surface area contributed by atoms with Crippen molar-refractivity contribution in [3.63, 3.8) is 0 Å². The van der Waals surface area contributed by atoms with Crippen molar-refractivity contribution < 1.29 is 31.9 Å². The lowest BCUT2D eigenvalue weighted by Gasteiger charge is -2.42. The number of aromatic nitrogens is 4. The number of hydrogen-bond donors (Lipinski definition) is 0. The van der Waals surface area contributed by atoms with Gasteiger partial charge in [0.15, 0.2) is 0 Å². The van der Waals surface area contributed by atoms with E-state index in [9.17, 15) is 13.6 Å². The fourth-order valence-corrected chi connectivity index (χ4v) is 5.10. The number of amides is 1. The maximum absolute atomic E-state index is 15.6. The lowest BCUT2D eigenvalue weighted by molar-refractivity contribution is -0.107. The van der Waals surface area contributed by atoms with Crippen LogP contribution in [0.4, 0.5) is 24.7 Å². The molecule has 1 amide bonds. The average Bonchev–Trinajstić information content (AvgIpc) is 3.51. The van der Waals surface area contributed by atoms with E-state index in [0.29, 0.717) is 40.6 Å². The molecule has 2 fully saturated rings. The van der Waals surface area contributed by atoms with Gasteiger partial charge < -0.3 is 23.7 Å². The van der Waals surface area contributed by atoms with Crippen LogP contribution in [0.3, 0.4) is 0 Å². The number of ether oxygens (including phenoxy) is 2. The number of benzene rings is 1. The van der Waals surface area contributed by atoms with Gasteiger partial charge in [-0.15, -0.1) is 10.2 Å². The summed E-state index contributed by atoms with van der Waals surface area (Å²) < 4.78 is 56.9. The molecule has 0 saturated carbocycles. The number of anilines is 2.